The van der Waals surface area contributed by atoms with Crippen molar-refractivity contribution in [2.45, 2.75) is 33.1 Å². The monoisotopic (exact) mass is 271 g/mol. The standard InChI is InChI=1S/C16H21N3O/c1-11-6-12(2)8-14(7-11)16-18-15(19-20-16)9-13-4-3-5-17-10-13/h6-8,13,17H,3-5,9-10H2,1-2H3. The number of hydrogen-bond acceptors (Lipinski definition) is 4. The molecule has 1 aromatic heterocycles. The third-order valence-electron chi connectivity index (χ3n) is 3.81. The van der Waals surface area contributed by atoms with Gasteiger partial charge >= 0.3 is 0 Å². The van der Waals surface area contributed by atoms with Crippen molar-refractivity contribution in [3.8, 4) is 11.5 Å². The summed E-state index contributed by atoms with van der Waals surface area (Å²) >= 11 is 0. The zero-order valence-electron chi connectivity index (χ0n) is 12.1. The molecule has 1 atom stereocenters. The van der Waals surface area contributed by atoms with Crippen LogP contribution >= 0.6 is 0 Å². The molecule has 0 radical (unpaired) electrons. The molecule has 1 saturated heterocycles. The summed E-state index contributed by atoms with van der Waals surface area (Å²) in [6.45, 7) is 6.37. The van der Waals surface area contributed by atoms with Crippen LogP contribution in [0.3, 0.4) is 0 Å². The summed E-state index contributed by atoms with van der Waals surface area (Å²) in [5.41, 5.74) is 3.45. The molecule has 4 heteroatoms. The fraction of sp³-hybridized carbons (Fsp3) is 0.500. The molecule has 1 fully saturated rings. The van der Waals surface area contributed by atoms with Gasteiger partial charge in [0.1, 0.15) is 0 Å². The zero-order valence-corrected chi connectivity index (χ0v) is 12.1. The SMILES string of the molecule is Cc1cc(C)cc(-c2nc(CC3CCCNC3)no2)c1. The molecule has 2 aromatic rings. The number of rotatable bonds is 3. The predicted octanol–water partition coefficient (Wildman–Crippen LogP) is 2.90. The molecule has 1 unspecified atom stereocenters. The number of aromatic nitrogens is 2. The Labute approximate surface area is 119 Å². The molecule has 1 N–H and O–H groups in total. The molecule has 1 aliphatic rings. The van der Waals surface area contributed by atoms with Gasteiger partial charge in [0.05, 0.1) is 0 Å². The van der Waals surface area contributed by atoms with Crippen LogP contribution in [0, 0.1) is 19.8 Å². The molecule has 1 aromatic carbocycles. The van der Waals surface area contributed by atoms with Gasteiger partial charge in [-0.2, -0.15) is 4.98 Å². The normalized spacial score (nSPS) is 19.2. The lowest BCUT2D eigenvalue weighted by Gasteiger charge is -2.20. The van der Waals surface area contributed by atoms with E-state index in [0.29, 0.717) is 11.8 Å². The Morgan fingerprint density at radius 1 is 1.25 bits per heavy atom. The fourth-order valence-electron chi connectivity index (χ4n) is 2.91. The van der Waals surface area contributed by atoms with E-state index in [4.69, 9.17) is 4.52 Å². The lowest BCUT2D eigenvalue weighted by Crippen LogP contribution is -2.31. The van der Waals surface area contributed by atoms with Crippen molar-refractivity contribution in [3.63, 3.8) is 0 Å². The van der Waals surface area contributed by atoms with Gasteiger partial charge in [0.25, 0.3) is 5.89 Å². The average Bonchev–Trinajstić information content (AvgIpc) is 2.87. The molecule has 0 saturated carbocycles. The van der Waals surface area contributed by atoms with E-state index in [-0.39, 0.29) is 0 Å². The van der Waals surface area contributed by atoms with Crippen LogP contribution in [0.4, 0.5) is 0 Å². The van der Waals surface area contributed by atoms with Crippen LogP contribution in [-0.2, 0) is 6.42 Å². The van der Waals surface area contributed by atoms with Gasteiger partial charge < -0.3 is 9.84 Å². The quantitative estimate of drug-likeness (QED) is 0.932. The Morgan fingerprint density at radius 3 is 2.75 bits per heavy atom. The Balaban J connectivity index is 1.75. The predicted molar refractivity (Wildman–Crippen MR) is 78.5 cm³/mol. The van der Waals surface area contributed by atoms with E-state index in [0.717, 1.165) is 30.9 Å². The first-order valence-corrected chi connectivity index (χ1v) is 7.32. The van der Waals surface area contributed by atoms with E-state index in [9.17, 15) is 0 Å². The van der Waals surface area contributed by atoms with Gasteiger partial charge in [-0.15, -0.1) is 0 Å². The van der Waals surface area contributed by atoms with Crippen molar-refractivity contribution in [2.24, 2.45) is 5.92 Å². The summed E-state index contributed by atoms with van der Waals surface area (Å²) in [7, 11) is 0. The van der Waals surface area contributed by atoms with E-state index in [1.807, 2.05) is 0 Å². The maximum Gasteiger partial charge on any atom is 0.257 e. The van der Waals surface area contributed by atoms with Gasteiger partial charge in [-0.05, 0) is 57.8 Å². The van der Waals surface area contributed by atoms with Gasteiger partial charge in [-0.1, -0.05) is 22.3 Å². The number of piperidine rings is 1. The van der Waals surface area contributed by atoms with Gasteiger partial charge in [0.2, 0.25) is 0 Å². The number of benzene rings is 1. The number of hydrogen-bond donors (Lipinski definition) is 1. The summed E-state index contributed by atoms with van der Waals surface area (Å²) in [6.07, 6.45) is 3.40. The van der Waals surface area contributed by atoms with Crippen LogP contribution < -0.4 is 5.32 Å². The molecular weight excluding hydrogens is 250 g/mol. The van der Waals surface area contributed by atoms with Crippen LogP contribution in [-0.4, -0.2) is 23.2 Å². The van der Waals surface area contributed by atoms with Gasteiger partial charge in [-0.3, -0.25) is 0 Å². The first kappa shape index (κ1) is 13.3. The van der Waals surface area contributed by atoms with Crippen molar-refractivity contribution >= 4 is 0 Å². The number of nitrogens with one attached hydrogen (secondary N) is 1. The van der Waals surface area contributed by atoms with Crippen molar-refractivity contribution in [2.75, 3.05) is 13.1 Å². The average molecular weight is 271 g/mol. The molecule has 0 amide bonds. The minimum Gasteiger partial charge on any atom is -0.334 e. The highest BCUT2D eigenvalue weighted by Gasteiger charge is 2.17. The van der Waals surface area contributed by atoms with Gasteiger partial charge in [0.15, 0.2) is 5.82 Å². The smallest absolute Gasteiger partial charge is 0.257 e. The Morgan fingerprint density at radius 2 is 2.05 bits per heavy atom. The minimum absolute atomic E-state index is 0.633. The maximum absolute atomic E-state index is 5.42. The van der Waals surface area contributed by atoms with Crippen LogP contribution in [0.2, 0.25) is 0 Å². The van der Waals surface area contributed by atoms with E-state index < -0.39 is 0 Å². The van der Waals surface area contributed by atoms with E-state index >= 15 is 0 Å². The lowest BCUT2D eigenvalue weighted by atomic mass is 9.96. The van der Waals surface area contributed by atoms with Crippen LogP contribution in [0.1, 0.15) is 29.8 Å². The second kappa shape index (κ2) is 5.75. The summed E-state index contributed by atoms with van der Waals surface area (Å²) < 4.78 is 5.42. The van der Waals surface area contributed by atoms with E-state index in [1.165, 1.54) is 24.0 Å². The summed E-state index contributed by atoms with van der Waals surface area (Å²) in [6, 6.07) is 6.33. The van der Waals surface area contributed by atoms with Crippen molar-refractivity contribution < 1.29 is 4.52 Å². The number of aryl methyl sites for hydroxylation is 2. The second-order valence-electron chi connectivity index (χ2n) is 5.81. The largest absolute Gasteiger partial charge is 0.334 e. The minimum atomic E-state index is 0.633. The van der Waals surface area contributed by atoms with Gasteiger partial charge in [0, 0.05) is 12.0 Å². The number of nitrogens with zero attached hydrogens (tertiary/aromatic N) is 2. The molecule has 4 nitrogen and oxygen atoms in total. The Hall–Kier alpha value is -1.68. The third kappa shape index (κ3) is 3.07. The van der Waals surface area contributed by atoms with Crippen molar-refractivity contribution in [3.05, 3.63) is 35.2 Å². The molecule has 0 spiro atoms. The van der Waals surface area contributed by atoms with Crippen LogP contribution in [0.25, 0.3) is 11.5 Å². The summed E-state index contributed by atoms with van der Waals surface area (Å²) in [4.78, 5) is 4.55. The third-order valence-corrected chi connectivity index (χ3v) is 3.81. The second-order valence-corrected chi connectivity index (χ2v) is 5.81. The summed E-state index contributed by atoms with van der Waals surface area (Å²) in [5.74, 6) is 2.09. The van der Waals surface area contributed by atoms with Crippen LogP contribution in [0.5, 0.6) is 0 Å². The highest BCUT2D eigenvalue weighted by atomic mass is 16.5. The molecular formula is C16H21N3O. The maximum atomic E-state index is 5.42. The van der Waals surface area contributed by atoms with E-state index in [1.54, 1.807) is 0 Å². The first-order chi connectivity index (χ1) is 9.70. The zero-order chi connectivity index (χ0) is 13.9. The summed E-state index contributed by atoms with van der Waals surface area (Å²) in [5, 5.41) is 7.55. The molecule has 20 heavy (non-hydrogen) atoms. The van der Waals surface area contributed by atoms with E-state index in [2.05, 4.69) is 47.5 Å². The fourth-order valence-corrected chi connectivity index (χ4v) is 2.91. The molecule has 0 bridgehead atoms. The Bertz CT molecular complexity index is 565. The van der Waals surface area contributed by atoms with Crippen molar-refractivity contribution in [1.29, 1.82) is 0 Å². The molecule has 1 aliphatic heterocycles. The molecule has 0 aliphatic carbocycles. The van der Waals surface area contributed by atoms with Crippen molar-refractivity contribution in [1.82, 2.24) is 15.5 Å². The highest BCUT2D eigenvalue weighted by molar-refractivity contribution is 5.55. The Kier molecular flexibility index (Phi) is 3.83. The first-order valence-electron chi connectivity index (χ1n) is 7.32. The molecule has 2 heterocycles. The molecule has 106 valence electrons. The topological polar surface area (TPSA) is 51.0 Å². The molecule has 3 rings (SSSR count). The highest BCUT2D eigenvalue weighted by Crippen LogP contribution is 2.22. The van der Waals surface area contributed by atoms with Gasteiger partial charge in [-0.25, -0.2) is 0 Å². The van der Waals surface area contributed by atoms with Crippen LogP contribution in [0.15, 0.2) is 22.7 Å². The lowest BCUT2D eigenvalue weighted by molar-refractivity contribution is 0.360.